The van der Waals surface area contributed by atoms with Crippen LogP contribution in [0.1, 0.15) is 49.8 Å². The highest BCUT2D eigenvalue weighted by atomic mass is 16.5. The zero-order valence-electron chi connectivity index (χ0n) is 21.1. The third-order valence-corrected chi connectivity index (χ3v) is 6.78. The summed E-state index contributed by atoms with van der Waals surface area (Å²) in [6.07, 6.45) is 1.23. The monoisotopic (exact) mass is 484 g/mol. The van der Waals surface area contributed by atoms with Crippen molar-refractivity contribution in [1.82, 2.24) is 0 Å². The summed E-state index contributed by atoms with van der Waals surface area (Å²) in [5.74, 6) is 2.44. The summed E-state index contributed by atoms with van der Waals surface area (Å²) in [6.45, 7) is 3.99. The number of carbonyl (C=O) groups is 1. The number of hydrogen-bond acceptors (Lipinski definition) is 6. The molecule has 1 heterocycles. The molecule has 0 radical (unpaired) electrons. The van der Waals surface area contributed by atoms with Crippen molar-refractivity contribution in [2.24, 2.45) is 0 Å². The maximum Gasteiger partial charge on any atom is 0.163 e. The van der Waals surface area contributed by atoms with Crippen LogP contribution in [0.15, 0.2) is 78.0 Å². The van der Waals surface area contributed by atoms with Crippen LogP contribution in [0.2, 0.25) is 0 Å². The summed E-state index contributed by atoms with van der Waals surface area (Å²) >= 11 is 0. The lowest BCUT2D eigenvalue weighted by molar-refractivity contribution is -0.116. The lowest BCUT2D eigenvalue weighted by atomic mass is 9.78. The fraction of sp³-hybridized carbons (Fsp3) is 0.300. The van der Waals surface area contributed by atoms with Crippen LogP contribution in [0.4, 0.5) is 11.4 Å². The number of allylic oxidation sites excluding steroid dienone is 1. The number of nitrogens with one attached hydrogen (secondary N) is 2. The van der Waals surface area contributed by atoms with E-state index >= 15 is 0 Å². The lowest BCUT2D eigenvalue weighted by Crippen LogP contribution is -2.27. The fourth-order valence-electron chi connectivity index (χ4n) is 5.11. The number of benzene rings is 3. The quantitative estimate of drug-likeness (QED) is 0.418. The number of fused-ring (bicyclic) bond motifs is 1. The minimum atomic E-state index is -0.358. The summed E-state index contributed by atoms with van der Waals surface area (Å²) < 4.78 is 17.0. The molecule has 0 fully saturated rings. The molecule has 3 aromatic rings. The van der Waals surface area contributed by atoms with Gasteiger partial charge in [0.1, 0.15) is 17.2 Å². The molecule has 2 N–H and O–H groups in total. The molecule has 0 bridgehead atoms. The van der Waals surface area contributed by atoms with Gasteiger partial charge in [-0.25, -0.2) is 0 Å². The van der Waals surface area contributed by atoms with Crippen molar-refractivity contribution in [2.75, 3.05) is 24.9 Å². The Hall–Kier alpha value is -3.93. The van der Waals surface area contributed by atoms with Gasteiger partial charge in [-0.15, -0.1) is 0 Å². The molecule has 1 aliphatic heterocycles. The normalized spacial score (nSPS) is 19.0. The lowest BCUT2D eigenvalue weighted by Gasteiger charge is -2.30. The van der Waals surface area contributed by atoms with Crippen molar-refractivity contribution in [3.63, 3.8) is 0 Å². The molecule has 36 heavy (non-hydrogen) atoms. The molecule has 0 aromatic heterocycles. The molecule has 0 amide bonds. The van der Waals surface area contributed by atoms with Gasteiger partial charge in [0.25, 0.3) is 0 Å². The van der Waals surface area contributed by atoms with Gasteiger partial charge in [0.2, 0.25) is 0 Å². The van der Waals surface area contributed by atoms with E-state index in [1.165, 1.54) is 0 Å². The summed E-state index contributed by atoms with van der Waals surface area (Å²) in [6, 6.07) is 21.6. The molecule has 6 nitrogen and oxygen atoms in total. The van der Waals surface area contributed by atoms with E-state index in [0.717, 1.165) is 51.7 Å². The number of Topliss-reactive ketones (excluding diaryl/α,β-unsaturated/α-hetero) is 1. The van der Waals surface area contributed by atoms with E-state index in [4.69, 9.17) is 14.2 Å². The Balaban J connectivity index is 1.58. The average Bonchev–Trinajstić information content (AvgIpc) is 3.05. The predicted molar refractivity (Wildman–Crippen MR) is 142 cm³/mol. The zero-order chi connectivity index (χ0) is 25.2. The number of anilines is 2. The summed E-state index contributed by atoms with van der Waals surface area (Å²) in [4.78, 5) is 13.8. The third kappa shape index (κ3) is 4.63. The number of ether oxygens (including phenoxy) is 3. The Labute approximate surface area is 212 Å². The van der Waals surface area contributed by atoms with Crippen LogP contribution in [0, 0.1) is 0 Å². The topological polar surface area (TPSA) is 68.8 Å². The number of para-hydroxylation sites is 2. The van der Waals surface area contributed by atoms with Gasteiger partial charge in [0, 0.05) is 29.3 Å². The van der Waals surface area contributed by atoms with Crippen molar-refractivity contribution in [3.05, 3.63) is 89.1 Å². The van der Waals surface area contributed by atoms with Crippen molar-refractivity contribution in [1.29, 1.82) is 0 Å². The van der Waals surface area contributed by atoms with Crippen LogP contribution in [0.25, 0.3) is 0 Å². The first kappa shape index (κ1) is 23.8. The van der Waals surface area contributed by atoms with Crippen LogP contribution < -0.4 is 24.8 Å². The highest BCUT2D eigenvalue weighted by Crippen LogP contribution is 2.46. The predicted octanol–water partition coefficient (Wildman–Crippen LogP) is 6.47. The van der Waals surface area contributed by atoms with Crippen LogP contribution in [-0.2, 0) is 4.79 Å². The summed E-state index contributed by atoms with van der Waals surface area (Å²) in [7, 11) is 3.31. The molecule has 2 aliphatic rings. The molecule has 1 aliphatic carbocycles. The van der Waals surface area contributed by atoms with E-state index in [-0.39, 0.29) is 23.8 Å². The SMILES string of the molecule is COc1ccc(C2CC(=O)C3=C(C2)Nc2ccccc2NC3c2ccc(OC(C)C)cc2OC)cc1. The van der Waals surface area contributed by atoms with Crippen molar-refractivity contribution in [3.8, 4) is 17.2 Å². The average molecular weight is 485 g/mol. The highest BCUT2D eigenvalue weighted by Gasteiger charge is 2.37. The van der Waals surface area contributed by atoms with Gasteiger partial charge in [0.15, 0.2) is 5.78 Å². The highest BCUT2D eigenvalue weighted by molar-refractivity contribution is 6.01. The van der Waals surface area contributed by atoms with E-state index in [2.05, 4.69) is 22.8 Å². The van der Waals surface area contributed by atoms with Crippen LogP contribution in [0.5, 0.6) is 17.2 Å². The van der Waals surface area contributed by atoms with Crippen molar-refractivity contribution >= 4 is 17.2 Å². The van der Waals surface area contributed by atoms with Gasteiger partial charge in [0.05, 0.1) is 37.7 Å². The first-order valence-electron chi connectivity index (χ1n) is 12.3. The number of carbonyl (C=O) groups excluding carboxylic acids is 1. The molecule has 186 valence electrons. The van der Waals surface area contributed by atoms with E-state index in [9.17, 15) is 4.79 Å². The molecule has 6 heteroatoms. The Morgan fingerprint density at radius 3 is 2.28 bits per heavy atom. The molecule has 2 unspecified atom stereocenters. The smallest absolute Gasteiger partial charge is 0.163 e. The second-order valence-electron chi connectivity index (χ2n) is 9.51. The minimum Gasteiger partial charge on any atom is -0.497 e. The standard InChI is InChI=1S/C30H32N2O4/c1-18(2)36-22-13-14-23(28(17-22)35-4)30-29-26(31-24-7-5-6-8-25(24)32-30)15-20(16-27(29)33)19-9-11-21(34-3)12-10-19/h5-14,17-18,20,30-32H,15-16H2,1-4H3. The van der Waals surface area contributed by atoms with Crippen LogP contribution in [-0.4, -0.2) is 26.1 Å². The zero-order valence-corrected chi connectivity index (χ0v) is 21.1. The van der Waals surface area contributed by atoms with Gasteiger partial charge < -0.3 is 24.8 Å². The maximum atomic E-state index is 13.8. The first-order valence-corrected chi connectivity index (χ1v) is 12.3. The number of methoxy groups -OCH3 is 2. The number of rotatable bonds is 6. The van der Waals surface area contributed by atoms with Crippen LogP contribution >= 0.6 is 0 Å². The Bertz CT molecular complexity index is 1300. The molecule has 0 saturated carbocycles. The second kappa shape index (κ2) is 9.97. The van der Waals surface area contributed by atoms with E-state index in [1.807, 2.05) is 68.4 Å². The largest absolute Gasteiger partial charge is 0.497 e. The van der Waals surface area contributed by atoms with Gasteiger partial charge in [-0.3, -0.25) is 4.79 Å². The van der Waals surface area contributed by atoms with Crippen LogP contribution in [0.3, 0.4) is 0 Å². The van der Waals surface area contributed by atoms with Crippen molar-refractivity contribution in [2.45, 2.75) is 44.8 Å². The second-order valence-corrected chi connectivity index (χ2v) is 9.51. The molecule has 0 spiro atoms. The Morgan fingerprint density at radius 1 is 0.861 bits per heavy atom. The number of hydrogen-bond donors (Lipinski definition) is 2. The molecule has 5 rings (SSSR count). The maximum absolute atomic E-state index is 13.8. The molecular weight excluding hydrogens is 452 g/mol. The molecular formula is C30H32N2O4. The van der Waals surface area contributed by atoms with E-state index < -0.39 is 0 Å². The van der Waals surface area contributed by atoms with Gasteiger partial charge >= 0.3 is 0 Å². The third-order valence-electron chi connectivity index (χ3n) is 6.78. The molecule has 2 atom stereocenters. The Kier molecular flexibility index (Phi) is 6.59. The number of ketones is 1. The van der Waals surface area contributed by atoms with E-state index in [1.54, 1.807) is 14.2 Å². The summed E-state index contributed by atoms with van der Waals surface area (Å²) in [5, 5.41) is 7.23. The minimum absolute atomic E-state index is 0.0526. The van der Waals surface area contributed by atoms with E-state index in [0.29, 0.717) is 12.2 Å². The fourth-order valence-corrected chi connectivity index (χ4v) is 5.11. The van der Waals surface area contributed by atoms with Gasteiger partial charge in [-0.2, -0.15) is 0 Å². The molecule has 3 aromatic carbocycles. The van der Waals surface area contributed by atoms with Crippen molar-refractivity contribution < 1.29 is 19.0 Å². The first-order chi connectivity index (χ1) is 17.5. The van der Waals surface area contributed by atoms with Gasteiger partial charge in [-0.05, 0) is 68.1 Å². The Morgan fingerprint density at radius 2 is 1.58 bits per heavy atom. The van der Waals surface area contributed by atoms with Gasteiger partial charge in [-0.1, -0.05) is 24.3 Å². The summed E-state index contributed by atoms with van der Waals surface area (Å²) in [5.41, 5.74) is 5.62. The molecule has 0 saturated heterocycles.